The Balaban J connectivity index is 1.25. The van der Waals surface area contributed by atoms with Gasteiger partial charge in [-0.05, 0) is 112 Å². The van der Waals surface area contributed by atoms with Gasteiger partial charge in [0.05, 0.1) is 29.6 Å². The van der Waals surface area contributed by atoms with Gasteiger partial charge in [0.2, 0.25) is 0 Å². The molecule has 0 amide bonds. The highest BCUT2D eigenvalue weighted by Gasteiger charge is 2.83. The highest BCUT2D eigenvalue weighted by molar-refractivity contribution is 5.40. The number of aliphatic hydroxyl groups is 2. The first kappa shape index (κ1) is 24.2. The third-order valence-corrected chi connectivity index (χ3v) is 13.8. The van der Waals surface area contributed by atoms with Crippen molar-refractivity contribution < 1.29 is 19.5 Å². The fourth-order valence-electron chi connectivity index (χ4n) is 12.3. The van der Waals surface area contributed by atoms with Crippen LogP contribution in [0.25, 0.3) is 0 Å². The second-order valence-electron chi connectivity index (χ2n) is 15.9. The largest absolute Gasteiger partial charge is 0.393 e. The number of aromatic nitrogens is 1. The maximum absolute atomic E-state index is 11.8. The summed E-state index contributed by atoms with van der Waals surface area (Å²) in [6.07, 6.45) is 11.6. The molecular weight excluding hydrogens is 450 g/mol. The molecule has 1 aliphatic heterocycles. The number of fused-ring (bicyclic) bond motifs is 3. The summed E-state index contributed by atoms with van der Waals surface area (Å²) in [5.74, 6) is 2.54. The van der Waals surface area contributed by atoms with Crippen LogP contribution in [0.15, 0.2) is 10.7 Å². The number of nitrogens with zero attached hydrogens (tertiary/aromatic N) is 1. The fourth-order valence-corrected chi connectivity index (χ4v) is 12.3. The van der Waals surface area contributed by atoms with E-state index in [0.717, 1.165) is 31.4 Å². The van der Waals surface area contributed by atoms with Crippen molar-refractivity contribution in [3.05, 3.63) is 17.5 Å². The smallest absolute Gasteiger partial charge is 0.145 e. The van der Waals surface area contributed by atoms with E-state index in [1.165, 1.54) is 37.7 Å². The van der Waals surface area contributed by atoms with Gasteiger partial charge in [0.1, 0.15) is 5.76 Å². The topological polar surface area (TPSA) is 75.7 Å². The molecule has 0 aromatic carbocycles. The number of ether oxygens (including phenoxy) is 1. The first-order chi connectivity index (χ1) is 16.6. The van der Waals surface area contributed by atoms with E-state index in [9.17, 15) is 10.2 Å². The fraction of sp³-hybridized carbons (Fsp3) is 0.903. The Morgan fingerprint density at radius 2 is 1.67 bits per heavy atom. The Kier molecular flexibility index (Phi) is 4.44. The molecule has 1 aromatic rings. The van der Waals surface area contributed by atoms with Gasteiger partial charge in [-0.2, -0.15) is 0 Å². The van der Waals surface area contributed by atoms with Crippen molar-refractivity contribution in [1.82, 2.24) is 5.16 Å². The maximum atomic E-state index is 11.8. The second kappa shape index (κ2) is 6.62. The third-order valence-electron chi connectivity index (χ3n) is 13.8. The minimum atomic E-state index is -0.852. The van der Waals surface area contributed by atoms with E-state index >= 15 is 0 Å². The summed E-state index contributed by atoms with van der Waals surface area (Å²) in [5.41, 5.74) is 1.04. The summed E-state index contributed by atoms with van der Waals surface area (Å²) in [5, 5.41) is 26.8. The summed E-state index contributed by atoms with van der Waals surface area (Å²) in [7, 11) is 0. The van der Waals surface area contributed by atoms with Gasteiger partial charge < -0.3 is 19.5 Å². The standard InChI is InChI=1S/C31H47NO4/c1-25(2)20-8-9-21-28(6)15-19(33)23(29(7)11-10-22(35-29)26(3,4)34)27(28,5)12-13-30(21)17-31(20,30)14-18-16-32-36-24(18)25/h16,19-23,33-34H,8-15,17H2,1-7H3/t19-,20?,21?,22+,23?,27+,28-,29?,30-,31+/m0/s1. The molecule has 7 rings (SSSR count). The van der Waals surface area contributed by atoms with E-state index in [1.54, 1.807) is 0 Å². The van der Waals surface area contributed by atoms with Crippen LogP contribution in [0.4, 0.5) is 0 Å². The van der Waals surface area contributed by atoms with Crippen LogP contribution < -0.4 is 0 Å². The van der Waals surface area contributed by atoms with Crippen molar-refractivity contribution >= 4 is 0 Å². The van der Waals surface area contributed by atoms with Crippen LogP contribution >= 0.6 is 0 Å². The first-order valence-electron chi connectivity index (χ1n) is 14.7. The van der Waals surface area contributed by atoms with Crippen LogP contribution in [-0.2, 0) is 16.6 Å². The second-order valence-corrected chi connectivity index (χ2v) is 15.9. The quantitative estimate of drug-likeness (QED) is 0.540. The summed E-state index contributed by atoms with van der Waals surface area (Å²) in [6.45, 7) is 15.8. The van der Waals surface area contributed by atoms with Crippen molar-refractivity contribution in [3.8, 4) is 0 Å². The molecule has 10 atom stereocenters. The Bertz CT molecular complexity index is 1100. The lowest BCUT2D eigenvalue weighted by molar-refractivity contribution is -0.189. The van der Waals surface area contributed by atoms with Crippen molar-refractivity contribution in [1.29, 1.82) is 0 Å². The molecule has 200 valence electrons. The Labute approximate surface area is 216 Å². The zero-order valence-corrected chi connectivity index (χ0v) is 23.5. The zero-order valence-electron chi connectivity index (χ0n) is 23.5. The number of hydrogen-bond acceptors (Lipinski definition) is 5. The van der Waals surface area contributed by atoms with Crippen LogP contribution in [0, 0.1) is 39.4 Å². The number of hydrogen-bond donors (Lipinski definition) is 2. The molecule has 5 aliphatic carbocycles. The molecule has 4 saturated carbocycles. The molecular formula is C31H47NO4. The zero-order chi connectivity index (χ0) is 25.7. The lowest BCUT2D eigenvalue weighted by Crippen LogP contribution is -2.58. The van der Waals surface area contributed by atoms with Crippen LogP contribution in [-0.4, -0.2) is 38.8 Å². The molecule has 6 aliphatic rings. The van der Waals surface area contributed by atoms with E-state index in [1.807, 2.05) is 20.0 Å². The molecule has 2 N–H and O–H groups in total. The van der Waals surface area contributed by atoms with Gasteiger partial charge in [-0.1, -0.05) is 32.9 Å². The van der Waals surface area contributed by atoms with Crippen molar-refractivity contribution in [2.75, 3.05) is 0 Å². The first-order valence-corrected chi connectivity index (χ1v) is 14.7. The summed E-state index contributed by atoms with van der Waals surface area (Å²) in [6, 6.07) is 0. The number of aliphatic hydroxyl groups excluding tert-OH is 1. The lowest BCUT2D eigenvalue weighted by atomic mass is 9.42. The van der Waals surface area contributed by atoms with E-state index in [4.69, 9.17) is 9.26 Å². The molecule has 0 radical (unpaired) electrons. The number of rotatable bonds is 2. The molecule has 5 fully saturated rings. The van der Waals surface area contributed by atoms with Gasteiger partial charge >= 0.3 is 0 Å². The minimum Gasteiger partial charge on any atom is -0.393 e. The molecule has 5 heteroatoms. The SMILES string of the molecule is CC1(C2[C@@H](O)C[C@@]3(C)C4CCC5C(C)(C)c6oncc6C[C@@]56C[C@@]46CC[C@]23C)CC[C@H](C(C)(C)O)O1. The van der Waals surface area contributed by atoms with Crippen molar-refractivity contribution in [2.45, 2.75) is 135 Å². The van der Waals surface area contributed by atoms with Crippen LogP contribution in [0.2, 0.25) is 0 Å². The molecule has 5 nitrogen and oxygen atoms in total. The summed E-state index contributed by atoms with van der Waals surface area (Å²) in [4.78, 5) is 0. The average molecular weight is 498 g/mol. The maximum Gasteiger partial charge on any atom is 0.145 e. The Morgan fingerprint density at radius 3 is 2.36 bits per heavy atom. The highest BCUT2D eigenvalue weighted by Crippen LogP contribution is 2.88. The average Bonchev–Trinajstić information content (AvgIpc) is 3.06. The van der Waals surface area contributed by atoms with Crippen molar-refractivity contribution in [3.63, 3.8) is 0 Å². The van der Waals surface area contributed by atoms with E-state index < -0.39 is 5.60 Å². The van der Waals surface area contributed by atoms with Crippen molar-refractivity contribution in [2.24, 2.45) is 39.4 Å². The molecule has 2 heterocycles. The molecule has 1 saturated heterocycles. The molecule has 0 bridgehead atoms. The minimum absolute atomic E-state index is 0.0364. The van der Waals surface area contributed by atoms with Gasteiger partial charge in [-0.3, -0.25) is 0 Å². The van der Waals surface area contributed by atoms with Crippen LogP contribution in [0.5, 0.6) is 0 Å². The van der Waals surface area contributed by atoms with Crippen LogP contribution in [0.1, 0.15) is 111 Å². The van der Waals surface area contributed by atoms with E-state index in [-0.39, 0.29) is 40.0 Å². The predicted octanol–water partition coefficient (Wildman–Crippen LogP) is 5.81. The molecule has 1 aromatic heterocycles. The van der Waals surface area contributed by atoms with Gasteiger partial charge in [0.25, 0.3) is 0 Å². The lowest BCUT2D eigenvalue weighted by Gasteiger charge is -2.62. The molecule has 2 spiro atoms. The Hall–Kier alpha value is -0.910. The molecule has 4 unspecified atom stereocenters. The normalized spacial score (nSPS) is 54.8. The van der Waals surface area contributed by atoms with E-state index in [0.29, 0.717) is 22.7 Å². The summed E-state index contributed by atoms with van der Waals surface area (Å²) < 4.78 is 12.5. The van der Waals surface area contributed by atoms with Gasteiger partial charge in [-0.15, -0.1) is 0 Å². The van der Waals surface area contributed by atoms with Gasteiger partial charge in [0, 0.05) is 16.9 Å². The third kappa shape index (κ3) is 2.53. The van der Waals surface area contributed by atoms with Crippen LogP contribution in [0.3, 0.4) is 0 Å². The Morgan fingerprint density at radius 1 is 0.944 bits per heavy atom. The highest BCUT2D eigenvalue weighted by atomic mass is 16.5. The summed E-state index contributed by atoms with van der Waals surface area (Å²) >= 11 is 0. The molecule has 36 heavy (non-hydrogen) atoms. The van der Waals surface area contributed by atoms with Gasteiger partial charge in [-0.25, -0.2) is 0 Å². The van der Waals surface area contributed by atoms with Gasteiger partial charge in [0.15, 0.2) is 0 Å². The monoisotopic (exact) mass is 497 g/mol. The van der Waals surface area contributed by atoms with E-state index in [2.05, 4.69) is 39.8 Å². The predicted molar refractivity (Wildman–Crippen MR) is 137 cm³/mol.